The first kappa shape index (κ1) is 11.7. The molecule has 6 heteroatoms. The van der Waals surface area contributed by atoms with E-state index in [0.717, 1.165) is 0 Å². The smallest absolute Gasteiger partial charge is 0.271 e. The van der Waals surface area contributed by atoms with Crippen LogP contribution < -0.4 is 0 Å². The molecule has 0 radical (unpaired) electrons. The number of benzene rings is 1. The van der Waals surface area contributed by atoms with Crippen LogP contribution in [0, 0.1) is 10.1 Å². The first-order valence-corrected chi connectivity index (χ1v) is 4.92. The Hall–Kier alpha value is -1.82. The summed E-state index contributed by atoms with van der Waals surface area (Å²) < 4.78 is 29.7. The fraction of sp³-hybridized carbons (Fsp3) is 0.273. The number of epoxide rings is 1. The third-order valence-electron chi connectivity index (χ3n) is 2.65. The first-order valence-electron chi connectivity index (χ1n) is 4.92. The fourth-order valence-corrected chi connectivity index (χ4v) is 1.59. The van der Waals surface area contributed by atoms with Crippen molar-refractivity contribution in [3.63, 3.8) is 0 Å². The van der Waals surface area contributed by atoms with Crippen molar-refractivity contribution in [2.45, 2.75) is 19.1 Å². The lowest BCUT2D eigenvalue weighted by atomic mass is 10.1. The topological polar surface area (TPSA) is 55.7 Å². The van der Waals surface area contributed by atoms with Crippen LogP contribution >= 0.6 is 0 Å². The molecule has 17 heavy (non-hydrogen) atoms. The van der Waals surface area contributed by atoms with Gasteiger partial charge in [-0.3, -0.25) is 10.1 Å². The van der Waals surface area contributed by atoms with Crippen LogP contribution in [0.25, 0.3) is 0 Å². The Balaban J connectivity index is 2.12. The Kier molecular flexibility index (Phi) is 2.89. The summed E-state index contributed by atoms with van der Waals surface area (Å²) in [5, 5.41) is 10.4. The number of hydrogen-bond donors (Lipinski definition) is 0. The quantitative estimate of drug-likeness (QED) is 0.464. The molecular weight excluding hydrogens is 232 g/mol. The molecule has 1 aromatic carbocycles. The van der Waals surface area contributed by atoms with E-state index < -0.39 is 23.2 Å². The van der Waals surface area contributed by atoms with Crippen molar-refractivity contribution >= 4 is 5.69 Å². The minimum atomic E-state index is -1.74. The lowest BCUT2D eigenvalue weighted by Crippen LogP contribution is -1.93. The van der Waals surface area contributed by atoms with Crippen LogP contribution in [-0.2, 0) is 4.74 Å². The average molecular weight is 241 g/mol. The molecule has 0 aromatic heterocycles. The maximum Gasteiger partial charge on any atom is 0.271 e. The van der Waals surface area contributed by atoms with Gasteiger partial charge in [0.2, 0.25) is 0 Å². The zero-order valence-corrected chi connectivity index (χ0v) is 8.89. The maximum absolute atomic E-state index is 12.3. The minimum Gasteiger partial charge on any atom is -0.360 e. The molecule has 2 atom stereocenters. The Morgan fingerprint density at radius 3 is 2.41 bits per heavy atom. The lowest BCUT2D eigenvalue weighted by Gasteiger charge is -1.96. The van der Waals surface area contributed by atoms with E-state index in [4.69, 9.17) is 4.74 Å². The van der Waals surface area contributed by atoms with Gasteiger partial charge in [-0.25, -0.2) is 0 Å². The van der Waals surface area contributed by atoms with Crippen molar-refractivity contribution in [3.8, 4) is 0 Å². The maximum atomic E-state index is 12.3. The summed E-state index contributed by atoms with van der Waals surface area (Å²) >= 11 is 0. The first-order chi connectivity index (χ1) is 8.00. The third kappa shape index (κ3) is 2.31. The van der Waals surface area contributed by atoms with Crippen LogP contribution in [0.3, 0.4) is 0 Å². The molecule has 1 saturated heterocycles. The fourth-order valence-electron chi connectivity index (χ4n) is 1.59. The van der Waals surface area contributed by atoms with E-state index in [9.17, 15) is 18.9 Å². The highest BCUT2D eigenvalue weighted by molar-refractivity contribution is 5.37. The van der Waals surface area contributed by atoms with Crippen LogP contribution in [0.2, 0.25) is 0 Å². The number of ether oxygens (including phenoxy) is 1. The molecule has 2 rings (SSSR count). The number of nitrogens with zero attached hydrogens (tertiary/aromatic N) is 1. The predicted molar refractivity (Wildman–Crippen MR) is 55.6 cm³/mol. The summed E-state index contributed by atoms with van der Waals surface area (Å²) in [6, 6.07) is 5.70. The van der Waals surface area contributed by atoms with E-state index in [1.54, 1.807) is 0 Å². The number of nitro groups is 1. The minimum absolute atomic E-state index is 0.0325. The van der Waals surface area contributed by atoms with Gasteiger partial charge in [0, 0.05) is 17.7 Å². The van der Waals surface area contributed by atoms with Gasteiger partial charge in [0.05, 0.1) is 4.92 Å². The van der Waals surface area contributed by atoms with Gasteiger partial charge >= 0.3 is 0 Å². The van der Waals surface area contributed by atoms with E-state index in [-0.39, 0.29) is 11.3 Å². The molecule has 0 unspecified atom stereocenters. The van der Waals surface area contributed by atoms with Crippen molar-refractivity contribution in [1.82, 2.24) is 0 Å². The monoisotopic (exact) mass is 241 g/mol. The lowest BCUT2D eigenvalue weighted by molar-refractivity contribution is -0.384. The molecular formula is C11H9F2NO3. The van der Waals surface area contributed by atoms with Gasteiger partial charge in [0.1, 0.15) is 12.2 Å². The van der Waals surface area contributed by atoms with Gasteiger partial charge in [-0.2, -0.15) is 8.78 Å². The Labute approximate surface area is 95.7 Å². The zero-order valence-electron chi connectivity index (χ0n) is 8.89. The predicted octanol–water partition coefficient (Wildman–Crippen LogP) is 3.21. The van der Waals surface area contributed by atoms with Crippen LogP contribution in [0.5, 0.6) is 0 Å². The number of non-ortho nitro benzene ring substituents is 1. The number of halogens is 2. The van der Waals surface area contributed by atoms with Crippen molar-refractivity contribution in [2.75, 3.05) is 0 Å². The number of hydrogen-bond acceptors (Lipinski definition) is 3. The SMILES string of the molecule is CC(=C(F)F)[C@H]1O[C@@H]1c1ccc([N+](=O)[O-])cc1. The van der Waals surface area contributed by atoms with E-state index in [1.807, 2.05) is 0 Å². The zero-order chi connectivity index (χ0) is 12.6. The van der Waals surface area contributed by atoms with Crippen LogP contribution in [0.15, 0.2) is 35.9 Å². The van der Waals surface area contributed by atoms with Crippen molar-refractivity contribution < 1.29 is 18.4 Å². The highest BCUT2D eigenvalue weighted by Crippen LogP contribution is 2.44. The summed E-state index contributed by atoms with van der Waals surface area (Å²) in [7, 11) is 0. The van der Waals surface area contributed by atoms with E-state index in [1.165, 1.54) is 31.2 Å². The van der Waals surface area contributed by atoms with Crippen molar-refractivity contribution in [1.29, 1.82) is 0 Å². The summed E-state index contributed by atoms with van der Waals surface area (Å²) in [5.74, 6) is 0. The van der Waals surface area contributed by atoms with Gasteiger partial charge in [-0.05, 0) is 24.6 Å². The molecule has 0 saturated carbocycles. The summed E-state index contributed by atoms with van der Waals surface area (Å²) in [6.07, 6.45) is -2.77. The average Bonchev–Trinajstić information content (AvgIpc) is 3.08. The van der Waals surface area contributed by atoms with E-state index in [0.29, 0.717) is 5.56 Å². The normalized spacial score (nSPS) is 22.1. The van der Waals surface area contributed by atoms with Gasteiger partial charge in [0.25, 0.3) is 11.8 Å². The van der Waals surface area contributed by atoms with Crippen LogP contribution in [-0.4, -0.2) is 11.0 Å². The Morgan fingerprint density at radius 2 is 1.94 bits per heavy atom. The molecule has 1 aromatic rings. The van der Waals surface area contributed by atoms with Gasteiger partial charge in [-0.1, -0.05) is 0 Å². The van der Waals surface area contributed by atoms with Gasteiger partial charge in [-0.15, -0.1) is 0 Å². The van der Waals surface area contributed by atoms with Gasteiger partial charge < -0.3 is 4.74 Å². The van der Waals surface area contributed by atoms with Crippen LogP contribution in [0.1, 0.15) is 18.6 Å². The standard InChI is InChI=1S/C11H9F2NO3/c1-6(11(12)13)9-10(17-9)7-2-4-8(5-3-7)14(15)16/h2-5,9-10H,1H3/t9-,10-/m1/s1. The highest BCUT2D eigenvalue weighted by Gasteiger charge is 2.43. The number of rotatable bonds is 3. The molecule has 1 aliphatic rings. The van der Waals surface area contributed by atoms with Crippen molar-refractivity contribution in [3.05, 3.63) is 51.6 Å². The summed E-state index contributed by atoms with van der Waals surface area (Å²) in [4.78, 5) is 9.91. The molecule has 1 aliphatic heterocycles. The Morgan fingerprint density at radius 1 is 1.35 bits per heavy atom. The van der Waals surface area contributed by atoms with E-state index in [2.05, 4.69) is 0 Å². The number of nitro benzene ring substituents is 1. The molecule has 4 nitrogen and oxygen atoms in total. The third-order valence-corrected chi connectivity index (χ3v) is 2.65. The van der Waals surface area contributed by atoms with Gasteiger partial charge in [0.15, 0.2) is 0 Å². The molecule has 90 valence electrons. The molecule has 1 heterocycles. The van der Waals surface area contributed by atoms with Crippen LogP contribution in [0.4, 0.5) is 14.5 Å². The van der Waals surface area contributed by atoms with Crippen molar-refractivity contribution in [2.24, 2.45) is 0 Å². The molecule has 0 spiro atoms. The highest BCUT2D eigenvalue weighted by atomic mass is 19.3. The molecule has 0 N–H and O–H groups in total. The molecule has 0 bridgehead atoms. The second kappa shape index (κ2) is 4.21. The molecule has 0 aliphatic carbocycles. The summed E-state index contributed by atoms with van der Waals surface area (Å²) in [6.45, 7) is 1.31. The second-order valence-corrected chi connectivity index (χ2v) is 3.77. The Bertz CT molecular complexity index is 480. The molecule has 1 fully saturated rings. The molecule has 0 amide bonds. The largest absolute Gasteiger partial charge is 0.360 e. The summed E-state index contributed by atoms with van der Waals surface area (Å²) in [5.41, 5.74) is 0.546. The van der Waals surface area contributed by atoms with E-state index >= 15 is 0 Å². The second-order valence-electron chi connectivity index (χ2n) is 3.77.